The van der Waals surface area contributed by atoms with Crippen LogP contribution in [0.4, 0.5) is 10.1 Å². The van der Waals surface area contributed by atoms with Crippen LogP contribution in [0.3, 0.4) is 0 Å². The van der Waals surface area contributed by atoms with Gasteiger partial charge in [-0.25, -0.2) is 12.8 Å². The highest BCUT2D eigenvalue weighted by Gasteiger charge is 2.16. The number of benzene rings is 2. The van der Waals surface area contributed by atoms with Gasteiger partial charge in [-0.2, -0.15) is 0 Å². The monoisotopic (exact) mass is 353 g/mol. The topological polar surface area (TPSA) is 46.2 Å². The molecular formula is C12H7Cl3FNO2S. The van der Waals surface area contributed by atoms with Crippen molar-refractivity contribution in [3.8, 4) is 0 Å². The van der Waals surface area contributed by atoms with Crippen LogP contribution in [-0.4, -0.2) is 8.42 Å². The number of rotatable bonds is 3. The van der Waals surface area contributed by atoms with Crippen molar-refractivity contribution in [3.63, 3.8) is 0 Å². The van der Waals surface area contributed by atoms with Crippen LogP contribution >= 0.6 is 34.8 Å². The molecule has 1 N–H and O–H groups in total. The van der Waals surface area contributed by atoms with Crippen molar-refractivity contribution < 1.29 is 12.8 Å². The third-order valence-corrected chi connectivity index (χ3v) is 4.42. The van der Waals surface area contributed by atoms with E-state index in [0.29, 0.717) is 0 Å². The summed E-state index contributed by atoms with van der Waals surface area (Å²) in [5.74, 6) is -0.698. The van der Waals surface area contributed by atoms with Crippen molar-refractivity contribution in [2.24, 2.45) is 0 Å². The Bertz CT molecular complexity index is 745. The molecule has 0 atom stereocenters. The summed E-state index contributed by atoms with van der Waals surface area (Å²) in [6.45, 7) is 0. The van der Waals surface area contributed by atoms with Crippen molar-refractivity contribution in [1.29, 1.82) is 0 Å². The Morgan fingerprint density at radius 3 is 2.10 bits per heavy atom. The third kappa shape index (κ3) is 3.55. The van der Waals surface area contributed by atoms with Crippen molar-refractivity contribution in [2.45, 2.75) is 4.90 Å². The van der Waals surface area contributed by atoms with Gasteiger partial charge in [0, 0.05) is 10.0 Å². The largest absolute Gasteiger partial charge is 0.280 e. The van der Waals surface area contributed by atoms with E-state index in [1.54, 1.807) is 0 Å². The van der Waals surface area contributed by atoms with E-state index in [1.807, 2.05) is 0 Å². The molecule has 20 heavy (non-hydrogen) atoms. The fourth-order valence-corrected chi connectivity index (χ4v) is 3.31. The van der Waals surface area contributed by atoms with E-state index in [9.17, 15) is 12.8 Å². The minimum absolute atomic E-state index is 0.167. The second-order valence-electron chi connectivity index (χ2n) is 3.84. The average Bonchev–Trinajstić information content (AvgIpc) is 2.30. The number of anilines is 1. The molecular weight excluding hydrogens is 348 g/mol. The average molecular weight is 355 g/mol. The summed E-state index contributed by atoms with van der Waals surface area (Å²) in [5, 5.41) is 0.289. The number of hydrogen-bond acceptors (Lipinski definition) is 2. The smallest absolute Gasteiger partial charge is 0.261 e. The Morgan fingerprint density at radius 2 is 1.55 bits per heavy atom. The molecule has 3 nitrogen and oxygen atoms in total. The Kier molecular flexibility index (Phi) is 4.44. The Labute approximate surface area is 130 Å². The summed E-state index contributed by atoms with van der Waals surface area (Å²) in [6, 6.07) is 7.37. The van der Waals surface area contributed by atoms with Gasteiger partial charge in [0.1, 0.15) is 5.82 Å². The molecule has 0 amide bonds. The van der Waals surface area contributed by atoms with Crippen molar-refractivity contribution in [3.05, 3.63) is 57.3 Å². The van der Waals surface area contributed by atoms with Crippen LogP contribution in [0.15, 0.2) is 41.3 Å². The van der Waals surface area contributed by atoms with Crippen molar-refractivity contribution >= 4 is 50.5 Å². The lowest BCUT2D eigenvalue weighted by Gasteiger charge is -2.09. The van der Waals surface area contributed by atoms with Crippen LogP contribution in [0.5, 0.6) is 0 Å². The van der Waals surface area contributed by atoms with Gasteiger partial charge in [-0.1, -0.05) is 34.8 Å². The molecule has 0 fully saturated rings. The summed E-state index contributed by atoms with van der Waals surface area (Å²) < 4.78 is 39.5. The van der Waals surface area contributed by atoms with Gasteiger partial charge in [0.2, 0.25) is 0 Å². The molecule has 0 radical (unpaired) electrons. The summed E-state index contributed by atoms with van der Waals surface area (Å²) in [6.07, 6.45) is 0. The van der Waals surface area contributed by atoms with E-state index in [0.717, 1.165) is 18.2 Å². The molecule has 0 aliphatic heterocycles. The minimum Gasteiger partial charge on any atom is -0.280 e. The van der Waals surface area contributed by atoms with Gasteiger partial charge in [-0.05, 0) is 36.4 Å². The number of hydrogen-bond donors (Lipinski definition) is 1. The second kappa shape index (κ2) is 5.77. The van der Waals surface area contributed by atoms with Crippen LogP contribution in [0.2, 0.25) is 15.1 Å². The van der Waals surface area contributed by atoms with E-state index in [-0.39, 0.29) is 25.7 Å². The van der Waals surface area contributed by atoms with Crippen LogP contribution in [-0.2, 0) is 10.0 Å². The first kappa shape index (κ1) is 15.4. The Balaban J connectivity index is 2.37. The van der Waals surface area contributed by atoms with E-state index in [2.05, 4.69) is 4.72 Å². The van der Waals surface area contributed by atoms with Crippen LogP contribution in [0.25, 0.3) is 0 Å². The molecule has 0 bridgehead atoms. The zero-order chi connectivity index (χ0) is 14.9. The lowest BCUT2D eigenvalue weighted by atomic mass is 10.3. The van der Waals surface area contributed by atoms with Gasteiger partial charge in [-0.3, -0.25) is 4.72 Å². The molecule has 2 aromatic rings. The van der Waals surface area contributed by atoms with E-state index < -0.39 is 15.8 Å². The maximum absolute atomic E-state index is 13.0. The predicted molar refractivity (Wildman–Crippen MR) is 78.7 cm³/mol. The first-order chi connectivity index (χ1) is 9.28. The number of halogens is 4. The lowest BCUT2D eigenvalue weighted by Crippen LogP contribution is -2.13. The van der Waals surface area contributed by atoms with E-state index in [4.69, 9.17) is 34.8 Å². The maximum Gasteiger partial charge on any atom is 0.261 e. The van der Waals surface area contributed by atoms with Gasteiger partial charge in [0.25, 0.3) is 10.0 Å². The molecule has 2 rings (SSSR count). The Hall–Kier alpha value is -1.01. The van der Waals surface area contributed by atoms with Gasteiger partial charge in [0.05, 0.1) is 15.6 Å². The number of sulfonamides is 1. The zero-order valence-corrected chi connectivity index (χ0v) is 12.8. The predicted octanol–water partition coefficient (Wildman–Crippen LogP) is 4.59. The molecule has 0 aliphatic carbocycles. The summed E-state index contributed by atoms with van der Waals surface area (Å²) >= 11 is 17.1. The molecule has 0 aliphatic rings. The molecule has 0 saturated carbocycles. The molecule has 0 unspecified atom stereocenters. The molecule has 106 valence electrons. The molecule has 0 heterocycles. The maximum atomic E-state index is 13.0. The molecule has 0 saturated heterocycles. The quantitative estimate of drug-likeness (QED) is 0.876. The van der Waals surface area contributed by atoms with E-state index in [1.165, 1.54) is 18.2 Å². The highest BCUT2D eigenvalue weighted by atomic mass is 35.5. The molecule has 0 spiro atoms. The third-order valence-electron chi connectivity index (χ3n) is 2.32. The SMILES string of the molecule is O=S(=O)(Nc1cc(Cl)cc(Cl)c1)c1ccc(F)c(Cl)c1. The van der Waals surface area contributed by atoms with Gasteiger partial charge in [0.15, 0.2) is 0 Å². The molecule has 2 aromatic carbocycles. The van der Waals surface area contributed by atoms with Crippen molar-refractivity contribution in [1.82, 2.24) is 0 Å². The Morgan fingerprint density at radius 1 is 0.950 bits per heavy atom. The molecule has 8 heteroatoms. The van der Waals surface area contributed by atoms with Gasteiger partial charge >= 0.3 is 0 Å². The van der Waals surface area contributed by atoms with Gasteiger partial charge in [-0.15, -0.1) is 0 Å². The van der Waals surface area contributed by atoms with Crippen LogP contribution < -0.4 is 4.72 Å². The van der Waals surface area contributed by atoms with Crippen LogP contribution in [0.1, 0.15) is 0 Å². The standard InChI is InChI=1S/C12H7Cl3FNO2S/c13-7-3-8(14)5-9(4-7)17-20(18,19)10-1-2-12(16)11(15)6-10/h1-6,17H. The van der Waals surface area contributed by atoms with Crippen molar-refractivity contribution in [2.75, 3.05) is 4.72 Å². The summed E-state index contributed by atoms with van der Waals surface area (Å²) in [7, 11) is -3.90. The normalized spacial score (nSPS) is 11.4. The fraction of sp³-hybridized carbons (Fsp3) is 0. The highest BCUT2D eigenvalue weighted by molar-refractivity contribution is 7.92. The summed E-state index contributed by atoms with van der Waals surface area (Å²) in [5.41, 5.74) is 0.197. The van der Waals surface area contributed by atoms with Gasteiger partial charge < -0.3 is 0 Å². The lowest BCUT2D eigenvalue weighted by molar-refractivity contribution is 0.599. The zero-order valence-electron chi connectivity index (χ0n) is 9.70. The first-order valence-electron chi connectivity index (χ1n) is 5.22. The second-order valence-corrected chi connectivity index (χ2v) is 6.80. The van der Waals surface area contributed by atoms with Crippen LogP contribution in [0, 0.1) is 5.82 Å². The highest BCUT2D eigenvalue weighted by Crippen LogP contribution is 2.26. The first-order valence-corrected chi connectivity index (χ1v) is 7.83. The number of nitrogens with one attached hydrogen (secondary N) is 1. The van der Waals surface area contributed by atoms with E-state index >= 15 is 0 Å². The molecule has 0 aromatic heterocycles. The fourth-order valence-electron chi connectivity index (χ4n) is 1.47. The summed E-state index contributed by atoms with van der Waals surface area (Å²) in [4.78, 5) is -0.167. The minimum atomic E-state index is -3.90.